The van der Waals surface area contributed by atoms with E-state index in [2.05, 4.69) is 56.8 Å². The molecule has 15 heavy (non-hydrogen) atoms. The maximum Gasteiger partial charge on any atom is 0.0831 e. The van der Waals surface area contributed by atoms with Crippen molar-refractivity contribution in [3.8, 4) is 0 Å². The van der Waals surface area contributed by atoms with E-state index in [-0.39, 0.29) is 5.54 Å². The number of nitrogens with one attached hydrogen (secondary N) is 1. The van der Waals surface area contributed by atoms with Gasteiger partial charge in [0.05, 0.1) is 12.4 Å². The molecule has 0 aromatic rings. The third kappa shape index (κ3) is 8.43. The largest absolute Gasteiger partial charge is 0.372 e. The van der Waals surface area contributed by atoms with E-state index in [0.29, 0.717) is 6.04 Å². The van der Waals surface area contributed by atoms with Crippen molar-refractivity contribution in [1.29, 1.82) is 0 Å². The van der Waals surface area contributed by atoms with Gasteiger partial charge in [0, 0.05) is 12.1 Å². The van der Waals surface area contributed by atoms with Crippen molar-refractivity contribution in [1.82, 2.24) is 10.2 Å². The van der Waals surface area contributed by atoms with Crippen molar-refractivity contribution in [2.75, 3.05) is 19.6 Å². The van der Waals surface area contributed by atoms with Gasteiger partial charge in [-0.15, -0.1) is 0 Å². The molecular formula is C12H27N3. The average molecular weight is 213 g/mol. The van der Waals surface area contributed by atoms with Crippen LogP contribution in [0.25, 0.3) is 0 Å². The Hall–Kier alpha value is -0.570. The molecule has 1 atom stereocenters. The van der Waals surface area contributed by atoms with E-state index in [9.17, 15) is 0 Å². The Bertz CT molecular complexity index is 178. The standard InChI is InChI=1S/C12H27N3/c1-7-15(8-2)9-11(3)13-10-14-12(4,5)6/h10-11H,7-9H2,1-6H3,(H,13,14). The van der Waals surface area contributed by atoms with Crippen LogP contribution in [-0.2, 0) is 0 Å². The van der Waals surface area contributed by atoms with Crippen LogP contribution in [0.3, 0.4) is 0 Å². The fraction of sp³-hybridized carbons (Fsp3) is 0.917. The molecule has 0 rings (SSSR count). The second-order valence-electron chi connectivity index (χ2n) is 5.01. The van der Waals surface area contributed by atoms with E-state index in [0.717, 1.165) is 19.6 Å². The lowest BCUT2D eigenvalue weighted by molar-refractivity contribution is 0.289. The smallest absolute Gasteiger partial charge is 0.0831 e. The van der Waals surface area contributed by atoms with Gasteiger partial charge in [-0.3, -0.25) is 4.99 Å². The second-order valence-corrected chi connectivity index (χ2v) is 5.01. The first-order valence-corrected chi connectivity index (χ1v) is 5.90. The average Bonchev–Trinajstić information content (AvgIpc) is 2.12. The zero-order chi connectivity index (χ0) is 11.9. The lowest BCUT2D eigenvalue weighted by Gasteiger charge is -2.21. The third-order valence-electron chi connectivity index (χ3n) is 2.24. The first kappa shape index (κ1) is 14.4. The number of hydrogen-bond acceptors (Lipinski definition) is 2. The fourth-order valence-corrected chi connectivity index (χ4v) is 1.26. The van der Waals surface area contributed by atoms with Crippen LogP contribution in [-0.4, -0.2) is 42.5 Å². The van der Waals surface area contributed by atoms with Gasteiger partial charge in [0.2, 0.25) is 0 Å². The first-order chi connectivity index (χ1) is 6.89. The van der Waals surface area contributed by atoms with Crippen molar-refractivity contribution in [3.63, 3.8) is 0 Å². The minimum Gasteiger partial charge on any atom is -0.372 e. The SMILES string of the molecule is CCN(CC)CC(C)N=CNC(C)(C)C. The molecule has 0 amide bonds. The quantitative estimate of drug-likeness (QED) is 0.541. The number of hydrogen-bond donors (Lipinski definition) is 1. The fourth-order valence-electron chi connectivity index (χ4n) is 1.26. The highest BCUT2D eigenvalue weighted by Gasteiger charge is 2.07. The first-order valence-electron chi connectivity index (χ1n) is 5.90. The van der Waals surface area contributed by atoms with Crippen molar-refractivity contribution in [2.45, 2.75) is 53.1 Å². The molecule has 3 heteroatoms. The van der Waals surface area contributed by atoms with E-state index in [1.807, 2.05) is 6.34 Å². The molecule has 1 N–H and O–H groups in total. The molecule has 0 radical (unpaired) electrons. The third-order valence-corrected chi connectivity index (χ3v) is 2.24. The van der Waals surface area contributed by atoms with E-state index >= 15 is 0 Å². The topological polar surface area (TPSA) is 27.6 Å². The summed E-state index contributed by atoms with van der Waals surface area (Å²) in [5, 5.41) is 3.25. The van der Waals surface area contributed by atoms with Crippen LogP contribution in [0.5, 0.6) is 0 Å². The molecule has 0 aliphatic rings. The number of likely N-dealkylation sites (N-methyl/N-ethyl adjacent to an activating group) is 1. The van der Waals surface area contributed by atoms with Crippen LogP contribution in [0, 0.1) is 0 Å². The molecule has 0 fully saturated rings. The van der Waals surface area contributed by atoms with Gasteiger partial charge in [-0.05, 0) is 40.8 Å². The molecule has 0 aromatic carbocycles. The monoisotopic (exact) mass is 213 g/mol. The molecule has 0 saturated heterocycles. The van der Waals surface area contributed by atoms with Gasteiger partial charge in [-0.25, -0.2) is 0 Å². The van der Waals surface area contributed by atoms with Crippen molar-refractivity contribution in [3.05, 3.63) is 0 Å². The molecule has 0 aliphatic heterocycles. The summed E-state index contributed by atoms with van der Waals surface area (Å²) in [4.78, 5) is 6.86. The van der Waals surface area contributed by atoms with Gasteiger partial charge in [0.15, 0.2) is 0 Å². The predicted octanol–water partition coefficient (Wildman–Crippen LogP) is 2.13. The molecule has 3 nitrogen and oxygen atoms in total. The van der Waals surface area contributed by atoms with Gasteiger partial charge < -0.3 is 10.2 Å². The highest BCUT2D eigenvalue weighted by molar-refractivity contribution is 5.55. The minimum absolute atomic E-state index is 0.110. The Balaban J connectivity index is 3.87. The zero-order valence-corrected chi connectivity index (χ0v) is 11.2. The number of aliphatic imine (C=N–C) groups is 1. The molecule has 1 unspecified atom stereocenters. The molecule has 0 bridgehead atoms. The van der Waals surface area contributed by atoms with Gasteiger partial charge in [-0.2, -0.15) is 0 Å². The van der Waals surface area contributed by atoms with E-state index in [1.54, 1.807) is 0 Å². The van der Waals surface area contributed by atoms with E-state index in [1.165, 1.54) is 0 Å². The summed E-state index contributed by atoms with van der Waals surface area (Å²) >= 11 is 0. The Kier molecular flexibility index (Phi) is 6.57. The minimum atomic E-state index is 0.110. The van der Waals surface area contributed by atoms with E-state index < -0.39 is 0 Å². The van der Waals surface area contributed by atoms with Crippen LogP contribution in [0.4, 0.5) is 0 Å². The maximum atomic E-state index is 4.47. The molecule has 90 valence electrons. The van der Waals surface area contributed by atoms with E-state index in [4.69, 9.17) is 0 Å². The van der Waals surface area contributed by atoms with Crippen LogP contribution in [0.1, 0.15) is 41.5 Å². The molecule has 0 saturated carbocycles. The summed E-state index contributed by atoms with van der Waals surface area (Å²) in [6.07, 6.45) is 1.84. The predicted molar refractivity (Wildman–Crippen MR) is 68.6 cm³/mol. The van der Waals surface area contributed by atoms with Crippen LogP contribution in [0.15, 0.2) is 4.99 Å². The summed E-state index contributed by atoms with van der Waals surface area (Å²) in [5.41, 5.74) is 0.110. The second kappa shape index (κ2) is 6.83. The lowest BCUT2D eigenvalue weighted by atomic mass is 10.1. The number of nitrogens with zero attached hydrogens (tertiary/aromatic N) is 2. The van der Waals surface area contributed by atoms with Crippen LogP contribution in [0.2, 0.25) is 0 Å². The van der Waals surface area contributed by atoms with Crippen molar-refractivity contribution >= 4 is 6.34 Å². The normalized spacial score (nSPS) is 14.9. The molecule has 0 aliphatic carbocycles. The summed E-state index contributed by atoms with van der Waals surface area (Å²) in [5.74, 6) is 0. The molecular weight excluding hydrogens is 186 g/mol. The molecule has 0 heterocycles. The summed E-state index contributed by atoms with van der Waals surface area (Å²) < 4.78 is 0. The summed E-state index contributed by atoms with van der Waals surface area (Å²) in [7, 11) is 0. The Morgan fingerprint density at radius 1 is 1.27 bits per heavy atom. The van der Waals surface area contributed by atoms with Gasteiger partial charge >= 0.3 is 0 Å². The van der Waals surface area contributed by atoms with Crippen molar-refractivity contribution in [2.24, 2.45) is 4.99 Å². The van der Waals surface area contributed by atoms with Gasteiger partial charge in [0.1, 0.15) is 0 Å². The Morgan fingerprint density at radius 2 is 1.80 bits per heavy atom. The lowest BCUT2D eigenvalue weighted by Crippen LogP contribution is -2.35. The van der Waals surface area contributed by atoms with Crippen LogP contribution >= 0.6 is 0 Å². The molecule has 0 aromatic heterocycles. The van der Waals surface area contributed by atoms with Crippen molar-refractivity contribution < 1.29 is 0 Å². The van der Waals surface area contributed by atoms with Gasteiger partial charge in [-0.1, -0.05) is 13.8 Å². The highest BCUT2D eigenvalue weighted by Crippen LogP contribution is 1.98. The summed E-state index contributed by atoms with van der Waals surface area (Å²) in [6, 6.07) is 0.361. The Morgan fingerprint density at radius 3 is 2.20 bits per heavy atom. The highest BCUT2D eigenvalue weighted by atomic mass is 15.1. The Labute approximate surface area is 95.0 Å². The number of rotatable bonds is 6. The van der Waals surface area contributed by atoms with Crippen LogP contribution < -0.4 is 5.32 Å². The zero-order valence-electron chi connectivity index (χ0n) is 11.2. The van der Waals surface area contributed by atoms with Gasteiger partial charge in [0.25, 0.3) is 0 Å². The maximum absolute atomic E-state index is 4.47. The summed E-state index contributed by atoms with van der Waals surface area (Å²) in [6.45, 7) is 16.2. The molecule has 0 spiro atoms.